The van der Waals surface area contributed by atoms with E-state index in [1.54, 1.807) is 11.3 Å². The Bertz CT molecular complexity index is 789. The fourth-order valence-electron chi connectivity index (χ4n) is 2.14. The molecule has 0 saturated carbocycles. The molecule has 0 fully saturated rings. The second kappa shape index (κ2) is 9.39. The number of rotatable bonds is 0. The van der Waals surface area contributed by atoms with Crippen LogP contribution in [0.2, 0.25) is 0 Å². The third kappa shape index (κ3) is 5.60. The lowest BCUT2D eigenvalue weighted by molar-refractivity contribution is 0.174. The van der Waals surface area contributed by atoms with E-state index < -0.39 is 0 Å². The fraction of sp³-hybridized carbons (Fsp3) is 0.318. The van der Waals surface area contributed by atoms with Gasteiger partial charge in [0.1, 0.15) is 0 Å². The van der Waals surface area contributed by atoms with Crippen molar-refractivity contribution in [1.82, 2.24) is 4.98 Å². The highest BCUT2D eigenvalue weighted by atomic mass is 32.1. The molecule has 0 saturated heterocycles. The van der Waals surface area contributed by atoms with Crippen LogP contribution in [0.1, 0.15) is 32.7 Å². The summed E-state index contributed by atoms with van der Waals surface area (Å²) in [4.78, 5) is 5.38. The molecule has 0 N–H and O–H groups in total. The van der Waals surface area contributed by atoms with Crippen molar-refractivity contribution >= 4 is 11.3 Å². The molecule has 0 radical (unpaired) electrons. The number of benzene rings is 1. The van der Waals surface area contributed by atoms with Crippen molar-refractivity contribution in [1.29, 1.82) is 0 Å². The van der Waals surface area contributed by atoms with E-state index in [2.05, 4.69) is 58.0 Å². The first-order chi connectivity index (χ1) is 12.4. The second-order valence-corrected chi connectivity index (χ2v) is 7.53. The molecule has 0 spiro atoms. The number of pyridine rings is 1. The Morgan fingerprint density at radius 1 is 0.769 bits per heavy atom. The van der Waals surface area contributed by atoms with E-state index >= 15 is 0 Å². The number of nitrogens with zero attached hydrogens (tertiary/aromatic N) is 1. The Labute approximate surface area is 160 Å². The van der Waals surface area contributed by atoms with Gasteiger partial charge in [-0.1, -0.05) is 0 Å². The summed E-state index contributed by atoms with van der Waals surface area (Å²) in [7, 11) is 0. The van der Waals surface area contributed by atoms with Gasteiger partial charge < -0.3 is 9.47 Å². The number of aryl methyl sites for hydroxylation is 6. The topological polar surface area (TPSA) is 31.4 Å². The highest BCUT2D eigenvalue weighted by Crippen LogP contribution is 2.34. The quantitative estimate of drug-likeness (QED) is 0.480. The summed E-state index contributed by atoms with van der Waals surface area (Å²) < 4.78 is 10.4. The van der Waals surface area contributed by atoms with Crippen molar-refractivity contribution in [2.75, 3.05) is 6.79 Å². The van der Waals surface area contributed by atoms with Crippen LogP contribution >= 0.6 is 11.3 Å². The molecule has 4 heteroatoms. The molecule has 3 heterocycles. The first kappa shape index (κ1) is 20.0. The van der Waals surface area contributed by atoms with Crippen molar-refractivity contribution in [2.45, 2.75) is 41.5 Å². The molecule has 1 aliphatic rings. The van der Waals surface area contributed by atoms with Gasteiger partial charge in [-0.2, -0.15) is 0 Å². The molecule has 2 aromatic heterocycles. The lowest BCUT2D eigenvalue weighted by Crippen LogP contribution is -1.92. The van der Waals surface area contributed by atoms with Crippen LogP contribution in [0, 0.1) is 41.5 Å². The zero-order chi connectivity index (χ0) is 19.1. The van der Waals surface area contributed by atoms with Gasteiger partial charge in [0.15, 0.2) is 11.5 Å². The molecule has 0 amide bonds. The van der Waals surface area contributed by atoms with Gasteiger partial charge in [0.25, 0.3) is 0 Å². The summed E-state index contributed by atoms with van der Waals surface area (Å²) in [6, 6.07) is 8.17. The maximum Gasteiger partial charge on any atom is 0.231 e. The monoisotopic (exact) mass is 369 g/mol. The Balaban J connectivity index is 0.000000145. The lowest BCUT2D eigenvalue weighted by atomic mass is 10.1. The van der Waals surface area contributed by atoms with Crippen molar-refractivity contribution in [3.8, 4) is 11.5 Å². The molecule has 3 nitrogen and oxygen atoms in total. The molecule has 0 aliphatic carbocycles. The van der Waals surface area contributed by atoms with Gasteiger partial charge in [0.05, 0.1) is 0 Å². The van der Waals surface area contributed by atoms with Crippen LogP contribution in [-0.4, -0.2) is 11.8 Å². The molecule has 3 aromatic rings. The smallest absolute Gasteiger partial charge is 0.231 e. The highest BCUT2D eigenvalue weighted by molar-refractivity contribution is 7.10. The first-order valence-electron chi connectivity index (χ1n) is 8.63. The van der Waals surface area contributed by atoms with Crippen molar-refractivity contribution in [3.05, 3.63) is 74.7 Å². The van der Waals surface area contributed by atoms with E-state index in [0.29, 0.717) is 6.79 Å². The summed E-state index contributed by atoms with van der Waals surface area (Å²) in [5.41, 5.74) is 6.46. The van der Waals surface area contributed by atoms with Crippen LogP contribution in [0.4, 0.5) is 0 Å². The molecule has 26 heavy (non-hydrogen) atoms. The highest BCUT2D eigenvalue weighted by Gasteiger charge is 2.13. The number of ether oxygens (including phenoxy) is 2. The molecule has 0 unspecified atom stereocenters. The van der Waals surface area contributed by atoms with Gasteiger partial charge in [-0.05, 0) is 99.0 Å². The average molecular weight is 370 g/mol. The predicted octanol–water partition coefficient (Wildman–Crippen LogP) is 6.10. The zero-order valence-electron chi connectivity index (χ0n) is 16.4. The van der Waals surface area contributed by atoms with Crippen molar-refractivity contribution in [2.24, 2.45) is 0 Å². The van der Waals surface area contributed by atoms with E-state index in [-0.39, 0.29) is 0 Å². The van der Waals surface area contributed by atoms with Gasteiger partial charge in [-0.3, -0.25) is 4.98 Å². The molecular formula is C22H27NO2S. The number of fused-ring (bicyclic) bond motifs is 1. The SMILES string of the molecule is Cc1cc2c(cc1C)OCO2.Cc1ccncc1C.Cc1ccsc1C. The first-order valence-corrected chi connectivity index (χ1v) is 9.51. The molecule has 0 bridgehead atoms. The third-order valence-electron chi connectivity index (χ3n) is 4.41. The van der Waals surface area contributed by atoms with Crippen LogP contribution in [0.5, 0.6) is 11.5 Å². The Morgan fingerprint density at radius 2 is 1.38 bits per heavy atom. The molecule has 0 atom stereocenters. The second-order valence-electron chi connectivity index (χ2n) is 6.41. The minimum atomic E-state index is 0.359. The summed E-state index contributed by atoms with van der Waals surface area (Å²) >= 11 is 1.80. The maximum absolute atomic E-state index is 5.21. The van der Waals surface area contributed by atoms with Gasteiger partial charge in [0, 0.05) is 17.3 Å². The van der Waals surface area contributed by atoms with Crippen LogP contribution < -0.4 is 9.47 Å². The average Bonchev–Trinajstić information content (AvgIpc) is 3.21. The minimum absolute atomic E-state index is 0.359. The van der Waals surface area contributed by atoms with Crippen molar-refractivity contribution < 1.29 is 9.47 Å². The molecular weight excluding hydrogens is 342 g/mol. The van der Waals surface area contributed by atoms with E-state index in [1.165, 1.54) is 32.7 Å². The predicted molar refractivity (Wildman–Crippen MR) is 110 cm³/mol. The Kier molecular flexibility index (Phi) is 7.22. The van der Waals surface area contributed by atoms with Gasteiger partial charge in [-0.15, -0.1) is 11.3 Å². The zero-order valence-corrected chi connectivity index (χ0v) is 17.2. The number of thiophene rings is 1. The van der Waals surface area contributed by atoms with E-state index in [1.807, 2.05) is 30.6 Å². The normalized spacial score (nSPS) is 11.2. The van der Waals surface area contributed by atoms with Gasteiger partial charge in [-0.25, -0.2) is 0 Å². The van der Waals surface area contributed by atoms with Crippen LogP contribution in [0.15, 0.2) is 42.0 Å². The fourth-order valence-corrected chi connectivity index (χ4v) is 2.87. The van der Waals surface area contributed by atoms with Crippen LogP contribution in [-0.2, 0) is 0 Å². The van der Waals surface area contributed by atoms with E-state index in [4.69, 9.17) is 9.47 Å². The summed E-state index contributed by atoms with van der Waals surface area (Å²) in [5.74, 6) is 1.74. The maximum atomic E-state index is 5.21. The van der Waals surface area contributed by atoms with Crippen LogP contribution in [0.3, 0.4) is 0 Å². The van der Waals surface area contributed by atoms with E-state index in [9.17, 15) is 0 Å². The molecule has 4 rings (SSSR count). The number of hydrogen-bond donors (Lipinski definition) is 0. The molecule has 138 valence electrons. The molecule has 1 aromatic carbocycles. The van der Waals surface area contributed by atoms with E-state index in [0.717, 1.165) is 11.5 Å². The van der Waals surface area contributed by atoms with Crippen molar-refractivity contribution in [3.63, 3.8) is 0 Å². The summed E-state index contributed by atoms with van der Waals surface area (Å²) in [6.45, 7) is 12.9. The summed E-state index contributed by atoms with van der Waals surface area (Å²) in [6.07, 6.45) is 3.68. The Hall–Kier alpha value is -2.33. The standard InChI is InChI=1S/C9H10O2.C7H9N.C6H8S/c1-6-3-8-9(4-7(6)2)11-5-10-8;1-6-3-4-8-5-7(6)2;1-5-3-4-7-6(5)2/h3-4H,5H2,1-2H3;3-5H,1-2H3;3-4H,1-2H3. The van der Waals surface area contributed by atoms with Gasteiger partial charge >= 0.3 is 0 Å². The van der Waals surface area contributed by atoms with Crippen LogP contribution in [0.25, 0.3) is 0 Å². The lowest BCUT2D eigenvalue weighted by Gasteiger charge is -2.00. The third-order valence-corrected chi connectivity index (χ3v) is 5.36. The number of hydrogen-bond acceptors (Lipinski definition) is 4. The number of aromatic nitrogens is 1. The Morgan fingerprint density at radius 3 is 1.73 bits per heavy atom. The molecule has 1 aliphatic heterocycles. The largest absolute Gasteiger partial charge is 0.454 e. The van der Waals surface area contributed by atoms with Gasteiger partial charge in [0.2, 0.25) is 6.79 Å². The minimum Gasteiger partial charge on any atom is -0.454 e. The summed E-state index contributed by atoms with van der Waals surface area (Å²) in [5, 5.41) is 2.12.